The fourth-order valence-electron chi connectivity index (χ4n) is 3.16. The Balaban J connectivity index is 1.76. The van der Waals surface area contributed by atoms with Crippen LogP contribution in [0.25, 0.3) is 22.3 Å². The van der Waals surface area contributed by atoms with Crippen molar-refractivity contribution in [3.63, 3.8) is 0 Å². The van der Waals surface area contributed by atoms with Crippen molar-refractivity contribution in [2.75, 3.05) is 6.61 Å². The molecule has 0 unspecified atom stereocenters. The molecular weight excluding hydrogens is 400 g/mol. The number of fused-ring (bicyclic) bond motifs is 1. The van der Waals surface area contributed by atoms with Crippen molar-refractivity contribution in [3.05, 3.63) is 46.6 Å². The number of hydrogen-bond donors (Lipinski definition) is 6. The minimum absolute atomic E-state index is 0.0203. The van der Waals surface area contributed by atoms with Crippen LogP contribution >= 0.6 is 0 Å². The lowest BCUT2D eigenvalue weighted by atomic mass is 10.1. The molecule has 158 valence electrons. The highest BCUT2D eigenvalue weighted by Gasteiger charge is 2.39. The van der Waals surface area contributed by atoms with E-state index in [1.807, 2.05) is 0 Å². The quantitative estimate of drug-likeness (QED) is 0.350. The van der Waals surface area contributed by atoms with Gasteiger partial charge in [0.15, 0.2) is 5.76 Å². The lowest BCUT2D eigenvalue weighted by molar-refractivity contribution is -0.242. The lowest BCUT2D eigenvalue weighted by Gasteiger charge is -2.34. The van der Waals surface area contributed by atoms with Gasteiger partial charge in [-0.05, 0) is 24.3 Å². The molecule has 1 aliphatic heterocycles. The molecule has 0 spiro atoms. The third kappa shape index (κ3) is 3.42. The maximum Gasteiger partial charge on any atom is 0.238 e. The van der Waals surface area contributed by atoms with Gasteiger partial charge in [-0.3, -0.25) is 4.79 Å². The van der Waals surface area contributed by atoms with Crippen molar-refractivity contribution in [1.29, 1.82) is 0 Å². The SMILES string of the molecule is O=c1c(O)c(-c2ccc(O)cc2)oc2cc(O[C@@H]3OC[C@H](O)[C@H](O)[C@@H]3O)cc(O)c12. The number of ether oxygens (including phenoxy) is 2. The second kappa shape index (κ2) is 7.50. The Morgan fingerprint density at radius 1 is 0.967 bits per heavy atom. The van der Waals surface area contributed by atoms with E-state index in [2.05, 4.69) is 0 Å². The Morgan fingerprint density at radius 2 is 1.67 bits per heavy atom. The summed E-state index contributed by atoms with van der Waals surface area (Å²) in [5.41, 5.74) is -0.698. The van der Waals surface area contributed by atoms with Gasteiger partial charge >= 0.3 is 0 Å². The molecule has 3 aromatic rings. The first-order chi connectivity index (χ1) is 14.3. The first-order valence-electron chi connectivity index (χ1n) is 8.91. The van der Waals surface area contributed by atoms with Crippen molar-refractivity contribution in [1.82, 2.24) is 0 Å². The second-order valence-corrected chi connectivity index (χ2v) is 6.84. The molecule has 1 aliphatic rings. The standard InChI is InChI=1S/C20H18O10/c21-9-3-1-8(2-4-9)19-17(26)16(25)14-11(22)5-10(6-13(14)30-19)29-20-18(27)15(24)12(23)7-28-20/h1-6,12,15,18,20-24,26-27H,7H2/t12-,15-,18-,20-/m0/s1. The highest BCUT2D eigenvalue weighted by molar-refractivity contribution is 5.88. The molecular formula is C20H18O10. The van der Waals surface area contributed by atoms with Gasteiger partial charge in [-0.1, -0.05) is 0 Å². The van der Waals surface area contributed by atoms with Gasteiger partial charge in [0.05, 0.1) is 6.61 Å². The van der Waals surface area contributed by atoms with Crippen LogP contribution in [-0.4, -0.2) is 61.8 Å². The van der Waals surface area contributed by atoms with Crippen LogP contribution in [0.3, 0.4) is 0 Å². The van der Waals surface area contributed by atoms with E-state index in [9.17, 15) is 35.4 Å². The summed E-state index contributed by atoms with van der Waals surface area (Å²) in [6, 6.07) is 7.85. The van der Waals surface area contributed by atoms with Gasteiger partial charge in [0.25, 0.3) is 0 Å². The number of phenolic OH excluding ortho intramolecular Hbond substituents is 2. The molecule has 0 bridgehead atoms. The average Bonchev–Trinajstić information content (AvgIpc) is 2.71. The topological polar surface area (TPSA) is 170 Å². The van der Waals surface area contributed by atoms with Crippen LogP contribution in [0, 0.1) is 0 Å². The van der Waals surface area contributed by atoms with Crippen LogP contribution in [0.4, 0.5) is 0 Å². The van der Waals surface area contributed by atoms with Crippen LogP contribution < -0.4 is 10.2 Å². The number of benzene rings is 2. The minimum Gasteiger partial charge on any atom is -0.508 e. The van der Waals surface area contributed by atoms with Crippen LogP contribution in [-0.2, 0) is 4.74 Å². The molecule has 6 N–H and O–H groups in total. The largest absolute Gasteiger partial charge is 0.508 e. The summed E-state index contributed by atoms with van der Waals surface area (Å²) < 4.78 is 16.2. The Bertz CT molecular complexity index is 1140. The zero-order valence-electron chi connectivity index (χ0n) is 15.3. The molecule has 1 fully saturated rings. The molecule has 0 amide bonds. The fourth-order valence-corrected chi connectivity index (χ4v) is 3.16. The number of aromatic hydroxyl groups is 3. The monoisotopic (exact) mass is 418 g/mol. The normalized spacial score (nSPS) is 24.1. The molecule has 0 radical (unpaired) electrons. The summed E-state index contributed by atoms with van der Waals surface area (Å²) in [5, 5.41) is 58.9. The number of phenols is 2. The minimum atomic E-state index is -1.56. The van der Waals surface area contributed by atoms with Crippen molar-refractivity contribution < 1.29 is 44.5 Å². The molecule has 0 aliphatic carbocycles. The maximum absolute atomic E-state index is 12.6. The molecule has 10 nitrogen and oxygen atoms in total. The summed E-state index contributed by atoms with van der Waals surface area (Å²) >= 11 is 0. The van der Waals surface area contributed by atoms with E-state index in [1.54, 1.807) is 0 Å². The summed E-state index contributed by atoms with van der Waals surface area (Å²) in [6.07, 6.45) is -5.68. The highest BCUT2D eigenvalue weighted by atomic mass is 16.7. The lowest BCUT2D eigenvalue weighted by Crippen LogP contribution is -2.54. The maximum atomic E-state index is 12.6. The van der Waals surface area contributed by atoms with Gasteiger partial charge in [0, 0.05) is 17.7 Å². The van der Waals surface area contributed by atoms with Gasteiger partial charge < -0.3 is 44.5 Å². The van der Waals surface area contributed by atoms with Crippen LogP contribution in [0.2, 0.25) is 0 Å². The summed E-state index contributed by atoms with van der Waals surface area (Å²) in [6.45, 7) is -0.281. The Labute approximate surface area is 168 Å². The van der Waals surface area contributed by atoms with Crippen molar-refractivity contribution >= 4 is 11.0 Å². The van der Waals surface area contributed by atoms with E-state index < -0.39 is 41.5 Å². The zero-order valence-corrected chi connectivity index (χ0v) is 15.3. The Morgan fingerprint density at radius 3 is 2.37 bits per heavy atom. The smallest absolute Gasteiger partial charge is 0.238 e. The molecule has 4 atom stereocenters. The molecule has 1 aromatic heterocycles. The first kappa shape index (κ1) is 20.0. The zero-order chi connectivity index (χ0) is 21.6. The summed E-state index contributed by atoms with van der Waals surface area (Å²) in [5.74, 6) is -1.53. The second-order valence-electron chi connectivity index (χ2n) is 6.84. The van der Waals surface area contributed by atoms with E-state index >= 15 is 0 Å². The molecule has 2 heterocycles. The van der Waals surface area contributed by atoms with Crippen molar-refractivity contribution in [3.8, 4) is 34.3 Å². The van der Waals surface area contributed by atoms with Gasteiger partial charge in [-0.25, -0.2) is 0 Å². The predicted octanol–water partition coefficient (Wildman–Crippen LogP) is 0.395. The van der Waals surface area contributed by atoms with Gasteiger partial charge in [0.2, 0.25) is 17.5 Å². The summed E-state index contributed by atoms with van der Waals surface area (Å²) in [7, 11) is 0. The van der Waals surface area contributed by atoms with Crippen LogP contribution in [0.1, 0.15) is 0 Å². The average molecular weight is 418 g/mol. The van der Waals surface area contributed by atoms with E-state index in [-0.39, 0.29) is 34.8 Å². The molecule has 0 saturated carbocycles. The molecule has 1 saturated heterocycles. The highest BCUT2D eigenvalue weighted by Crippen LogP contribution is 2.36. The molecule has 10 heteroatoms. The predicted molar refractivity (Wildman–Crippen MR) is 101 cm³/mol. The Hall–Kier alpha value is -3.31. The van der Waals surface area contributed by atoms with Crippen LogP contribution in [0.15, 0.2) is 45.6 Å². The number of aliphatic hydroxyl groups excluding tert-OH is 3. The number of hydrogen-bond acceptors (Lipinski definition) is 10. The van der Waals surface area contributed by atoms with Crippen molar-refractivity contribution in [2.24, 2.45) is 0 Å². The third-order valence-corrected chi connectivity index (χ3v) is 4.76. The Kier molecular flexibility index (Phi) is 5.00. The van der Waals surface area contributed by atoms with Crippen molar-refractivity contribution in [2.45, 2.75) is 24.6 Å². The third-order valence-electron chi connectivity index (χ3n) is 4.76. The van der Waals surface area contributed by atoms with E-state index in [0.29, 0.717) is 5.56 Å². The summed E-state index contributed by atoms with van der Waals surface area (Å²) in [4.78, 5) is 12.6. The van der Waals surface area contributed by atoms with Gasteiger partial charge in [0.1, 0.15) is 46.5 Å². The fraction of sp³-hybridized carbons (Fsp3) is 0.250. The van der Waals surface area contributed by atoms with E-state index in [0.717, 1.165) is 6.07 Å². The van der Waals surface area contributed by atoms with Gasteiger partial charge in [-0.15, -0.1) is 0 Å². The van der Waals surface area contributed by atoms with Gasteiger partial charge in [-0.2, -0.15) is 0 Å². The van der Waals surface area contributed by atoms with E-state index in [4.69, 9.17) is 13.9 Å². The van der Waals surface area contributed by atoms with E-state index in [1.165, 1.54) is 30.3 Å². The number of rotatable bonds is 3. The first-order valence-corrected chi connectivity index (χ1v) is 8.91. The molecule has 4 rings (SSSR count). The molecule has 30 heavy (non-hydrogen) atoms. The molecule has 2 aromatic carbocycles. The van der Waals surface area contributed by atoms with Crippen LogP contribution in [0.5, 0.6) is 23.0 Å². The number of aliphatic hydroxyl groups is 3.